The number of carbonyl (C=O) groups is 1. The molecule has 1 aliphatic heterocycles. The Labute approximate surface area is 134 Å². The van der Waals surface area contributed by atoms with Crippen molar-refractivity contribution in [2.24, 2.45) is 0 Å². The Morgan fingerprint density at radius 1 is 1.17 bits per heavy atom. The second-order valence-electron chi connectivity index (χ2n) is 5.03. The van der Waals surface area contributed by atoms with Gasteiger partial charge in [-0.25, -0.2) is 0 Å². The molecule has 1 N–H and O–H groups in total. The predicted octanol–water partition coefficient (Wildman–Crippen LogP) is 1.70. The van der Waals surface area contributed by atoms with Gasteiger partial charge in [-0.1, -0.05) is 12.1 Å². The van der Waals surface area contributed by atoms with E-state index >= 15 is 0 Å². The molecule has 0 spiro atoms. The predicted molar refractivity (Wildman–Crippen MR) is 85.0 cm³/mol. The molecule has 7 nitrogen and oxygen atoms in total. The maximum absolute atomic E-state index is 12.3. The number of benzene rings is 1. The molecule has 0 radical (unpaired) electrons. The van der Waals surface area contributed by atoms with Gasteiger partial charge in [0.1, 0.15) is 5.75 Å². The number of aromatic nitrogens is 2. The average molecular weight is 314 g/mol. The van der Waals surface area contributed by atoms with Gasteiger partial charge in [-0.15, -0.1) is 10.2 Å². The molecule has 0 bridgehead atoms. The molecular weight excluding hydrogens is 296 g/mol. The zero-order valence-corrected chi connectivity index (χ0v) is 12.9. The number of methoxy groups -OCH3 is 1. The third kappa shape index (κ3) is 3.57. The van der Waals surface area contributed by atoms with Crippen molar-refractivity contribution in [3.63, 3.8) is 0 Å². The molecule has 0 saturated carbocycles. The molecule has 1 aromatic carbocycles. The van der Waals surface area contributed by atoms with Gasteiger partial charge in [0.2, 0.25) is 0 Å². The molecule has 0 unspecified atom stereocenters. The van der Waals surface area contributed by atoms with Crippen LogP contribution < -0.4 is 10.1 Å². The van der Waals surface area contributed by atoms with E-state index < -0.39 is 0 Å². The molecule has 0 atom stereocenters. The van der Waals surface area contributed by atoms with Crippen LogP contribution in [-0.2, 0) is 4.74 Å². The highest BCUT2D eigenvalue weighted by Gasteiger charge is 2.19. The number of morpholine rings is 1. The van der Waals surface area contributed by atoms with E-state index in [9.17, 15) is 4.79 Å². The van der Waals surface area contributed by atoms with E-state index in [1.54, 1.807) is 24.1 Å². The van der Waals surface area contributed by atoms with Gasteiger partial charge in [-0.3, -0.25) is 4.79 Å². The highest BCUT2D eigenvalue weighted by Crippen LogP contribution is 2.25. The number of carbonyl (C=O) groups excluding carboxylic acids is 1. The smallest absolute Gasteiger partial charge is 0.274 e. The number of anilines is 2. The van der Waals surface area contributed by atoms with Gasteiger partial charge in [0.05, 0.1) is 26.0 Å². The van der Waals surface area contributed by atoms with Crippen LogP contribution in [0.2, 0.25) is 0 Å². The van der Waals surface area contributed by atoms with Crippen LogP contribution in [0.4, 0.5) is 11.5 Å². The number of rotatable bonds is 4. The summed E-state index contributed by atoms with van der Waals surface area (Å²) < 4.78 is 10.5. The average Bonchev–Trinajstić information content (AvgIpc) is 2.63. The summed E-state index contributed by atoms with van der Waals surface area (Å²) in [4.78, 5) is 14.0. The first kappa shape index (κ1) is 15.2. The monoisotopic (exact) mass is 314 g/mol. The zero-order valence-electron chi connectivity index (χ0n) is 12.9. The van der Waals surface area contributed by atoms with Crippen molar-refractivity contribution < 1.29 is 14.3 Å². The quantitative estimate of drug-likeness (QED) is 0.925. The maximum atomic E-state index is 12.3. The van der Waals surface area contributed by atoms with E-state index in [1.165, 1.54) is 0 Å². The molecule has 3 rings (SSSR count). The summed E-state index contributed by atoms with van der Waals surface area (Å²) in [6.07, 6.45) is 0. The molecule has 1 saturated heterocycles. The number of hydrogen-bond acceptors (Lipinski definition) is 6. The SMILES string of the molecule is COc1ccccc1Nc1ccc(C(=O)N2CCOCC2)nn1. The Balaban J connectivity index is 1.70. The summed E-state index contributed by atoms with van der Waals surface area (Å²) in [5, 5.41) is 11.2. The van der Waals surface area contributed by atoms with Gasteiger partial charge >= 0.3 is 0 Å². The molecule has 1 amide bonds. The topological polar surface area (TPSA) is 76.6 Å². The van der Waals surface area contributed by atoms with Crippen molar-refractivity contribution in [1.82, 2.24) is 15.1 Å². The summed E-state index contributed by atoms with van der Waals surface area (Å²) in [7, 11) is 1.61. The fourth-order valence-electron chi connectivity index (χ4n) is 2.33. The second kappa shape index (κ2) is 7.06. The van der Waals surface area contributed by atoms with Gasteiger partial charge in [0.15, 0.2) is 11.5 Å². The van der Waals surface area contributed by atoms with E-state index in [0.717, 1.165) is 5.69 Å². The lowest BCUT2D eigenvalue weighted by Crippen LogP contribution is -2.41. The normalized spacial score (nSPS) is 14.4. The minimum absolute atomic E-state index is 0.121. The lowest BCUT2D eigenvalue weighted by atomic mass is 10.3. The van der Waals surface area contributed by atoms with Crippen LogP contribution in [0.3, 0.4) is 0 Å². The molecule has 23 heavy (non-hydrogen) atoms. The van der Waals surface area contributed by atoms with Crippen LogP contribution in [0.5, 0.6) is 5.75 Å². The summed E-state index contributed by atoms with van der Waals surface area (Å²) >= 11 is 0. The van der Waals surface area contributed by atoms with Crippen molar-refractivity contribution >= 4 is 17.4 Å². The first-order valence-corrected chi connectivity index (χ1v) is 7.39. The molecule has 0 aliphatic carbocycles. The number of ether oxygens (including phenoxy) is 2. The minimum Gasteiger partial charge on any atom is -0.495 e. The molecule has 120 valence electrons. The van der Waals surface area contributed by atoms with Crippen LogP contribution in [-0.4, -0.2) is 54.4 Å². The largest absolute Gasteiger partial charge is 0.495 e. The molecular formula is C16H18N4O3. The highest BCUT2D eigenvalue weighted by molar-refractivity contribution is 5.92. The minimum atomic E-state index is -0.121. The number of para-hydroxylation sites is 2. The zero-order chi connectivity index (χ0) is 16.1. The molecule has 1 aromatic heterocycles. The van der Waals surface area contributed by atoms with Crippen LogP contribution in [0.1, 0.15) is 10.5 Å². The first-order valence-electron chi connectivity index (χ1n) is 7.39. The summed E-state index contributed by atoms with van der Waals surface area (Å²) in [6, 6.07) is 10.9. The molecule has 7 heteroatoms. The van der Waals surface area contributed by atoms with E-state index in [-0.39, 0.29) is 5.91 Å². The Bertz CT molecular complexity index is 669. The van der Waals surface area contributed by atoms with Gasteiger partial charge in [-0.2, -0.15) is 0 Å². The number of nitrogens with zero attached hydrogens (tertiary/aromatic N) is 3. The number of amides is 1. The van der Waals surface area contributed by atoms with Gasteiger partial charge in [0.25, 0.3) is 5.91 Å². The van der Waals surface area contributed by atoms with Gasteiger partial charge in [0, 0.05) is 13.1 Å². The van der Waals surface area contributed by atoms with Crippen molar-refractivity contribution in [2.45, 2.75) is 0 Å². The maximum Gasteiger partial charge on any atom is 0.274 e. The standard InChI is InChI=1S/C16H18N4O3/c1-22-14-5-3-2-4-12(14)17-15-7-6-13(18-19-15)16(21)20-8-10-23-11-9-20/h2-7H,8-11H2,1H3,(H,17,19). The molecule has 1 fully saturated rings. The summed E-state index contributed by atoms with van der Waals surface area (Å²) in [5.41, 5.74) is 1.12. The van der Waals surface area contributed by atoms with Crippen molar-refractivity contribution in [3.05, 3.63) is 42.1 Å². The third-order valence-corrected chi connectivity index (χ3v) is 3.55. The Kier molecular flexibility index (Phi) is 4.68. The molecule has 2 heterocycles. The Hall–Kier alpha value is -2.67. The van der Waals surface area contributed by atoms with Crippen LogP contribution in [0.25, 0.3) is 0 Å². The first-order chi connectivity index (χ1) is 11.3. The van der Waals surface area contributed by atoms with Crippen LogP contribution in [0, 0.1) is 0 Å². The van der Waals surface area contributed by atoms with Gasteiger partial charge < -0.3 is 19.7 Å². The van der Waals surface area contributed by atoms with Crippen molar-refractivity contribution in [2.75, 3.05) is 38.7 Å². The fourth-order valence-corrected chi connectivity index (χ4v) is 2.33. The van der Waals surface area contributed by atoms with Gasteiger partial charge in [-0.05, 0) is 24.3 Å². The lowest BCUT2D eigenvalue weighted by Gasteiger charge is -2.26. The van der Waals surface area contributed by atoms with E-state index in [1.807, 2.05) is 24.3 Å². The third-order valence-electron chi connectivity index (χ3n) is 3.55. The molecule has 1 aliphatic rings. The lowest BCUT2D eigenvalue weighted by molar-refractivity contribution is 0.0298. The van der Waals surface area contributed by atoms with E-state index in [4.69, 9.17) is 9.47 Å². The Morgan fingerprint density at radius 3 is 2.65 bits per heavy atom. The van der Waals surface area contributed by atoms with Crippen molar-refractivity contribution in [3.8, 4) is 5.75 Å². The summed E-state index contributed by atoms with van der Waals surface area (Å²) in [6.45, 7) is 2.29. The summed E-state index contributed by atoms with van der Waals surface area (Å²) in [5.74, 6) is 1.14. The van der Waals surface area contributed by atoms with Crippen LogP contribution >= 0.6 is 0 Å². The molecule has 2 aromatic rings. The van der Waals surface area contributed by atoms with Crippen LogP contribution in [0.15, 0.2) is 36.4 Å². The fraction of sp³-hybridized carbons (Fsp3) is 0.312. The van der Waals surface area contributed by atoms with Crippen molar-refractivity contribution in [1.29, 1.82) is 0 Å². The number of hydrogen-bond donors (Lipinski definition) is 1. The highest BCUT2D eigenvalue weighted by atomic mass is 16.5. The Morgan fingerprint density at radius 2 is 1.96 bits per heavy atom. The van der Waals surface area contributed by atoms with E-state index in [2.05, 4.69) is 15.5 Å². The second-order valence-corrected chi connectivity index (χ2v) is 5.03. The van der Waals surface area contributed by atoms with E-state index in [0.29, 0.717) is 43.6 Å². The number of nitrogens with one attached hydrogen (secondary N) is 1.